The van der Waals surface area contributed by atoms with E-state index in [1.807, 2.05) is 48.2 Å². The van der Waals surface area contributed by atoms with Crippen molar-refractivity contribution in [2.45, 2.75) is 26.7 Å². The fraction of sp³-hybridized carbons (Fsp3) is 0.375. The van der Waals surface area contributed by atoms with Gasteiger partial charge in [0.1, 0.15) is 0 Å². The van der Waals surface area contributed by atoms with Gasteiger partial charge in [-0.25, -0.2) is 4.79 Å². The van der Waals surface area contributed by atoms with Gasteiger partial charge in [-0.05, 0) is 43.7 Å². The van der Waals surface area contributed by atoms with Crippen molar-refractivity contribution in [3.05, 3.63) is 59.7 Å². The van der Waals surface area contributed by atoms with Crippen LogP contribution in [0.25, 0.3) is 0 Å². The van der Waals surface area contributed by atoms with Crippen molar-refractivity contribution in [2.75, 3.05) is 43.0 Å². The molecule has 1 N–H and O–H groups in total. The molecule has 7 nitrogen and oxygen atoms in total. The summed E-state index contributed by atoms with van der Waals surface area (Å²) in [7, 11) is 0. The lowest BCUT2D eigenvalue weighted by molar-refractivity contribution is -0.116. The monoisotopic (exact) mass is 423 g/mol. The first-order chi connectivity index (χ1) is 15.0. The summed E-state index contributed by atoms with van der Waals surface area (Å²) < 4.78 is 5.09. The molecular weight excluding hydrogens is 394 g/mol. The van der Waals surface area contributed by atoms with E-state index in [2.05, 4.69) is 10.2 Å². The van der Waals surface area contributed by atoms with Gasteiger partial charge in [-0.2, -0.15) is 0 Å². The Hall–Kier alpha value is -3.35. The molecule has 0 aromatic heterocycles. The summed E-state index contributed by atoms with van der Waals surface area (Å²) in [4.78, 5) is 41.1. The molecule has 0 aliphatic carbocycles. The molecule has 2 aromatic rings. The molecule has 0 bridgehead atoms. The fourth-order valence-corrected chi connectivity index (χ4v) is 3.61. The van der Waals surface area contributed by atoms with Crippen molar-refractivity contribution < 1.29 is 19.1 Å². The number of rotatable bonds is 7. The van der Waals surface area contributed by atoms with E-state index in [9.17, 15) is 14.4 Å². The van der Waals surface area contributed by atoms with Crippen LogP contribution < -0.4 is 10.2 Å². The molecule has 0 spiro atoms. The van der Waals surface area contributed by atoms with Crippen LogP contribution in [0.2, 0.25) is 0 Å². The van der Waals surface area contributed by atoms with Gasteiger partial charge in [-0.3, -0.25) is 9.59 Å². The molecule has 2 amide bonds. The molecule has 1 aliphatic rings. The Morgan fingerprint density at radius 2 is 1.65 bits per heavy atom. The second kappa shape index (κ2) is 10.6. The van der Waals surface area contributed by atoms with Crippen LogP contribution in [0.5, 0.6) is 0 Å². The highest BCUT2D eigenvalue weighted by Crippen LogP contribution is 2.29. The lowest BCUT2D eigenvalue weighted by Crippen LogP contribution is -2.49. The predicted molar refractivity (Wildman–Crippen MR) is 120 cm³/mol. The van der Waals surface area contributed by atoms with Crippen LogP contribution >= 0.6 is 0 Å². The summed E-state index contributed by atoms with van der Waals surface area (Å²) in [5, 5.41) is 2.94. The highest BCUT2D eigenvalue weighted by Gasteiger charge is 2.24. The van der Waals surface area contributed by atoms with Crippen molar-refractivity contribution in [1.29, 1.82) is 0 Å². The third kappa shape index (κ3) is 5.63. The Morgan fingerprint density at radius 1 is 0.935 bits per heavy atom. The van der Waals surface area contributed by atoms with Gasteiger partial charge in [-0.15, -0.1) is 0 Å². The third-order valence-corrected chi connectivity index (χ3v) is 5.19. The average Bonchev–Trinajstić information content (AvgIpc) is 2.79. The van der Waals surface area contributed by atoms with Crippen molar-refractivity contribution >= 4 is 29.2 Å². The highest BCUT2D eigenvalue weighted by atomic mass is 16.5. The number of ether oxygens (including phenoxy) is 1. The van der Waals surface area contributed by atoms with Crippen LogP contribution in [-0.4, -0.2) is 55.5 Å². The second-order valence-corrected chi connectivity index (χ2v) is 7.40. The van der Waals surface area contributed by atoms with Crippen molar-refractivity contribution in [2.24, 2.45) is 0 Å². The number of hydrogen-bond acceptors (Lipinski definition) is 5. The lowest BCUT2D eigenvalue weighted by Gasteiger charge is -2.37. The molecular formula is C24H29N3O4. The summed E-state index contributed by atoms with van der Waals surface area (Å²) in [6.45, 7) is 6.41. The maximum Gasteiger partial charge on any atom is 0.338 e. The first-order valence-corrected chi connectivity index (χ1v) is 10.7. The molecule has 0 atom stereocenters. The molecule has 0 radical (unpaired) electrons. The van der Waals surface area contributed by atoms with E-state index in [1.165, 1.54) is 0 Å². The first-order valence-electron chi connectivity index (χ1n) is 10.7. The van der Waals surface area contributed by atoms with Gasteiger partial charge >= 0.3 is 5.97 Å². The van der Waals surface area contributed by atoms with Gasteiger partial charge in [0.05, 0.1) is 23.5 Å². The van der Waals surface area contributed by atoms with Crippen LogP contribution in [0.15, 0.2) is 48.5 Å². The average molecular weight is 424 g/mol. The van der Waals surface area contributed by atoms with E-state index in [0.29, 0.717) is 49.4 Å². The smallest absolute Gasteiger partial charge is 0.338 e. The summed E-state index contributed by atoms with van der Waals surface area (Å²) in [6, 6.07) is 14.5. The zero-order valence-electron chi connectivity index (χ0n) is 18.1. The molecule has 1 saturated heterocycles. The Labute approximate surface area is 183 Å². The fourth-order valence-electron chi connectivity index (χ4n) is 3.61. The molecule has 1 aliphatic heterocycles. The van der Waals surface area contributed by atoms with Crippen molar-refractivity contribution in [3.63, 3.8) is 0 Å². The van der Waals surface area contributed by atoms with Gasteiger partial charge in [0.15, 0.2) is 0 Å². The Morgan fingerprint density at radius 3 is 2.29 bits per heavy atom. The van der Waals surface area contributed by atoms with Gasteiger partial charge in [0.25, 0.3) is 5.91 Å². The second-order valence-electron chi connectivity index (χ2n) is 7.40. The van der Waals surface area contributed by atoms with Gasteiger partial charge in [0, 0.05) is 38.2 Å². The zero-order valence-corrected chi connectivity index (χ0v) is 18.1. The number of carbonyl (C=O) groups is 3. The van der Waals surface area contributed by atoms with Crippen LogP contribution in [0, 0.1) is 0 Å². The third-order valence-electron chi connectivity index (χ3n) is 5.19. The number of amides is 2. The van der Waals surface area contributed by atoms with Crippen LogP contribution in [0.3, 0.4) is 0 Å². The maximum absolute atomic E-state index is 12.7. The lowest BCUT2D eigenvalue weighted by atomic mass is 10.1. The number of esters is 1. The molecule has 164 valence electrons. The predicted octanol–water partition coefficient (Wildman–Crippen LogP) is 3.56. The van der Waals surface area contributed by atoms with E-state index >= 15 is 0 Å². The van der Waals surface area contributed by atoms with E-state index in [-0.39, 0.29) is 18.4 Å². The van der Waals surface area contributed by atoms with Crippen molar-refractivity contribution in [1.82, 2.24) is 4.90 Å². The van der Waals surface area contributed by atoms with Crippen LogP contribution in [0.1, 0.15) is 47.4 Å². The molecule has 7 heteroatoms. The molecule has 31 heavy (non-hydrogen) atoms. The van der Waals surface area contributed by atoms with E-state index in [0.717, 1.165) is 12.1 Å². The first kappa shape index (κ1) is 22.3. The number of anilines is 2. The van der Waals surface area contributed by atoms with Gasteiger partial charge in [-0.1, -0.05) is 25.1 Å². The number of carbonyl (C=O) groups excluding carboxylic acids is 3. The van der Waals surface area contributed by atoms with Crippen LogP contribution in [-0.2, 0) is 9.53 Å². The minimum Gasteiger partial charge on any atom is -0.462 e. The normalized spacial score (nSPS) is 13.6. The van der Waals surface area contributed by atoms with Gasteiger partial charge < -0.3 is 19.9 Å². The summed E-state index contributed by atoms with van der Waals surface area (Å²) in [5.41, 5.74) is 2.51. The largest absolute Gasteiger partial charge is 0.462 e. The summed E-state index contributed by atoms with van der Waals surface area (Å²) in [5.74, 6) is -0.490. The quantitative estimate of drug-likeness (QED) is 0.689. The molecule has 1 heterocycles. The Balaban J connectivity index is 1.76. The summed E-state index contributed by atoms with van der Waals surface area (Å²) >= 11 is 0. The zero-order chi connectivity index (χ0) is 22.2. The van der Waals surface area contributed by atoms with E-state index < -0.39 is 5.97 Å². The molecule has 1 fully saturated rings. The Kier molecular flexibility index (Phi) is 7.65. The minimum atomic E-state index is -0.418. The SMILES string of the molecule is CCCC(=O)Nc1cc(C(=O)OCC)ccc1N1CCN(C(=O)c2ccccc2)CC1. The maximum atomic E-state index is 12.7. The van der Waals surface area contributed by atoms with E-state index in [1.54, 1.807) is 19.1 Å². The molecule has 0 saturated carbocycles. The molecule has 2 aromatic carbocycles. The minimum absolute atomic E-state index is 0.0226. The molecule has 3 rings (SSSR count). The summed E-state index contributed by atoms with van der Waals surface area (Å²) in [6.07, 6.45) is 1.14. The van der Waals surface area contributed by atoms with Crippen LogP contribution in [0.4, 0.5) is 11.4 Å². The number of nitrogens with zero attached hydrogens (tertiary/aromatic N) is 2. The molecule has 0 unspecified atom stereocenters. The Bertz CT molecular complexity index is 922. The number of benzene rings is 2. The number of piperazine rings is 1. The standard InChI is InChI=1S/C24H29N3O4/c1-3-8-22(28)25-20-17-19(24(30)31-4-2)11-12-21(20)26-13-15-27(16-14-26)23(29)18-9-6-5-7-10-18/h5-7,9-12,17H,3-4,8,13-16H2,1-2H3,(H,25,28). The van der Waals surface area contributed by atoms with Gasteiger partial charge in [0.2, 0.25) is 5.91 Å². The highest BCUT2D eigenvalue weighted by molar-refractivity contribution is 5.98. The van der Waals surface area contributed by atoms with Crippen molar-refractivity contribution in [3.8, 4) is 0 Å². The topological polar surface area (TPSA) is 79.0 Å². The number of hydrogen-bond donors (Lipinski definition) is 1. The number of nitrogens with one attached hydrogen (secondary N) is 1. The van der Waals surface area contributed by atoms with E-state index in [4.69, 9.17) is 4.74 Å².